The first-order valence-corrected chi connectivity index (χ1v) is 8.67. The molecule has 0 saturated carbocycles. The zero-order chi connectivity index (χ0) is 15.4. The first-order valence-electron chi connectivity index (χ1n) is 8.67. The summed E-state index contributed by atoms with van der Waals surface area (Å²) >= 11 is 0. The van der Waals surface area contributed by atoms with Crippen LogP contribution in [0.3, 0.4) is 0 Å². The van der Waals surface area contributed by atoms with Gasteiger partial charge in [-0.2, -0.15) is 5.10 Å². The number of rotatable bonds is 6. The van der Waals surface area contributed by atoms with Gasteiger partial charge in [-0.3, -0.25) is 9.58 Å². The highest BCUT2D eigenvalue weighted by molar-refractivity contribution is 4.82. The Hall–Kier alpha value is -0.980. The maximum atomic E-state index is 10.5. The number of likely N-dealkylation sites (tertiary alicyclic amines) is 2. The Bertz CT molecular complexity index is 430. The highest BCUT2D eigenvalue weighted by Gasteiger charge is 2.27. The minimum atomic E-state index is -0.246. The third kappa shape index (κ3) is 4.27. The molecule has 1 aromatic rings. The van der Waals surface area contributed by atoms with Gasteiger partial charge >= 0.3 is 0 Å². The maximum Gasteiger partial charge on any atom is 0.137 e. The second-order valence-electron chi connectivity index (χ2n) is 7.05. The molecule has 2 aliphatic rings. The van der Waals surface area contributed by atoms with Crippen LogP contribution in [0.1, 0.15) is 32.6 Å². The molecule has 0 aromatic carbocycles. The summed E-state index contributed by atoms with van der Waals surface area (Å²) < 4.78 is 1.90. The van der Waals surface area contributed by atoms with Gasteiger partial charge in [0.1, 0.15) is 12.7 Å². The summed E-state index contributed by atoms with van der Waals surface area (Å²) in [6, 6.07) is 0.484. The van der Waals surface area contributed by atoms with Crippen LogP contribution in [0.2, 0.25) is 0 Å². The fourth-order valence-electron chi connectivity index (χ4n) is 3.76. The number of aromatic nitrogens is 3. The van der Waals surface area contributed by atoms with E-state index in [1.54, 1.807) is 12.7 Å². The highest BCUT2D eigenvalue weighted by atomic mass is 16.3. The van der Waals surface area contributed by atoms with Gasteiger partial charge in [0.2, 0.25) is 0 Å². The molecule has 2 aliphatic heterocycles. The van der Waals surface area contributed by atoms with Crippen molar-refractivity contribution in [1.29, 1.82) is 0 Å². The Morgan fingerprint density at radius 2 is 2.00 bits per heavy atom. The molecular weight excluding hydrogens is 278 g/mol. The largest absolute Gasteiger partial charge is 0.390 e. The van der Waals surface area contributed by atoms with Crippen LogP contribution in [-0.4, -0.2) is 74.5 Å². The molecule has 124 valence electrons. The van der Waals surface area contributed by atoms with Crippen molar-refractivity contribution >= 4 is 0 Å². The molecule has 2 atom stereocenters. The van der Waals surface area contributed by atoms with Gasteiger partial charge in [0.15, 0.2) is 0 Å². The molecule has 6 nitrogen and oxygen atoms in total. The van der Waals surface area contributed by atoms with Crippen molar-refractivity contribution in [3.63, 3.8) is 0 Å². The van der Waals surface area contributed by atoms with Crippen LogP contribution in [0.4, 0.5) is 0 Å². The Morgan fingerprint density at radius 1 is 1.18 bits per heavy atom. The lowest BCUT2D eigenvalue weighted by atomic mass is 9.99. The van der Waals surface area contributed by atoms with E-state index >= 15 is 0 Å². The number of β-amino-alcohol motifs (C(OH)–C–C–N with tert-alkyl or cyclic N) is 1. The monoisotopic (exact) mass is 307 g/mol. The Balaban J connectivity index is 1.44. The van der Waals surface area contributed by atoms with Crippen LogP contribution < -0.4 is 0 Å². The van der Waals surface area contributed by atoms with Crippen LogP contribution in [0.25, 0.3) is 0 Å². The Kier molecular flexibility index (Phi) is 5.44. The molecule has 2 fully saturated rings. The van der Waals surface area contributed by atoms with Crippen molar-refractivity contribution in [2.24, 2.45) is 5.92 Å². The summed E-state index contributed by atoms with van der Waals surface area (Å²) in [7, 11) is 0. The van der Waals surface area contributed by atoms with E-state index in [4.69, 9.17) is 0 Å². The van der Waals surface area contributed by atoms with Crippen LogP contribution in [0.5, 0.6) is 0 Å². The summed E-state index contributed by atoms with van der Waals surface area (Å²) in [5, 5.41) is 14.7. The number of aliphatic hydroxyl groups excluding tert-OH is 1. The number of aliphatic hydroxyl groups is 1. The summed E-state index contributed by atoms with van der Waals surface area (Å²) in [4.78, 5) is 8.86. The van der Waals surface area contributed by atoms with Crippen molar-refractivity contribution < 1.29 is 5.11 Å². The topological polar surface area (TPSA) is 57.4 Å². The molecule has 2 saturated heterocycles. The Labute approximate surface area is 133 Å². The summed E-state index contributed by atoms with van der Waals surface area (Å²) in [6.07, 6.45) is 8.07. The lowest BCUT2D eigenvalue weighted by Gasteiger charge is -2.33. The average Bonchev–Trinajstić information content (AvgIpc) is 3.15. The second kappa shape index (κ2) is 7.53. The maximum absolute atomic E-state index is 10.5. The molecule has 0 amide bonds. The number of hydrogen-bond donors (Lipinski definition) is 1. The molecule has 3 rings (SSSR count). The van der Waals surface area contributed by atoms with E-state index in [1.165, 1.54) is 25.7 Å². The van der Waals surface area contributed by atoms with Gasteiger partial charge in [-0.1, -0.05) is 6.92 Å². The van der Waals surface area contributed by atoms with E-state index < -0.39 is 0 Å². The third-order valence-corrected chi connectivity index (χ3v) is 5.15. The van der Waals surface area contributed by atoms with E-state index in [2.05, 4.69) is 26.8 Å². The average molecular weight is 307 g/mol. The van der Waals surface area contributed by atoms with Crippen molar-refractivity contribution in [1.82, 2.24) is 24.6 Å². The molecule has 6 heteroatoms. The van der Waals surface area contributed by atoms with E-state index in [-0.39, 0.29) is 6.10 Å². The number of nitrogens with zero attached hydrogens (tertiary/aromatic N) is 5. The number of hydrogen-bond acceptors (Lipinski definition) is 5. The molecule has 0 bridgehead atoms. The standard InChI is InChI=1S/C16H29N5O/c1-14-4-7-19(8-5-14)10-16(22)11-20-6-2-3-15(20)9-21-13-17-12-18-21/h12-16,22H,2-11H2,1H3. The molecule has 0 radical (unpaired) electrons. The predicted molar refractivity (Wildman–Crippen MR) is 85.5 cm³/mol. The van der Waals surface area contributed by atoms with E-state index in [0.29, 0.717) is 6.04 Å². The van der Waals surface area contributed by atoms with Crippen molar-refractivity contribution in [3.05, 3.63) is 12.7 Å². The fraction of sp³-hybridized carbons (Fsp3) is 0.875. The second-order valence-corrected chi connectivity index (χ2v) is 7.05. The molecule has 22 heavy (non-hydrogen) atoms. The van der Waals surface area contributed by atoms with Crippen molar-refractivity contribution in [2.75, 3.05) is 32.7 Å². The predicted octanol–water partition coefficient (Wildman–Crippen LogP) is 0.835. The molecular formula is C16H29N5O. The molecule has 3 heterocycles. The van der Waals surface area contributed by atoms with Crippen LogP contribution >= 0.6 is 0 Å². The zero-order valence-corrected chi connectivity index (χ0v) is 13.6. The first-order chi connectivity index (χ1) is 10.7. The third-order valence-electron chi connectivity index (χ3n) is 5.15. The van der Waals surface area contributed by atoms with Crippen LogP contribution in [0.15, 0.2) is 12.7 Å². The quantitative estimate of drug-likeness (QED) is 0.844. The fourth-order valence-corrected chi connectivity index (χ4v) is 3.76. The van der Waals surface area contributed by atoms with E-state index in [9.17, 15) is 5.11 Å². The summed E-state index contributed by atoms with van der Waals surface area (Å²) in [5.41, 5.74) is 0. The van der Waals surface area contributed by atoms with Crippen molar-refractivity contribution in [2.45, 2.75) is 51.3 Å². The van der Waals surface area contributed by atoms with Crippen LogP contribution in [0, 0.1) is 5.92 Å². The van der Waals surface area contributed by atoms with Gasteiger partial charge in [0.05, 0.1) is 12.6 Å². The normalized spacial score (nSPS) is 26.5. The lowest BCUT2D eigenvalue weighted by Crippen LogP contribution is -2.45. The van der Waals surface area contributed by atoms with Gasteiger partial charge in [-0.05, 0) is 51.2 Å². The van der Waals surface area contributed by atoms with Gasteiger partial charge < -0.3 is 10.0 Å². The first kappa shape index (κ1) is 15.9. The summed E-state index contributed by atoms with van der Waals surface area (Å²) in [6.45, 7) is 8.18. The SMILES string of the molecule is CC1CCN(CC(O)CN2CCCC2Cn2cncn2)CC1. The minimum absolute atomic E-state index is 0.246. The van der Waals surface area contributed by atoms with Gasteiger partial charge in [-0.15, -0.1) is 0 Å². The van der Waals surface area contributed by atoms with E-state index in [0.717, 1.165) is 45.2 Å². The molecule has 2 unspecified atom stereocenters. The molecule has 1 N–H and O–H groups in total. The van der Waals surface area contributed by atoms with Crippen LogP contribution in [-0.2, 0) is 6.54 Å². The van der Waals surface area contributed by atoms with Gasteiger partial charge in [-0.25, -0.2) is 4.98 Å². The molecule has 0 aliphatic carbocycles. The molecule has 1 aromatic heterocycles. The van der Waals surface area contributed by atoms with Crippen molar-refractivity contribution in [3.8, 4) is 0 Å². The van der Waals surface area contributed by atoms with Gasteiger partial charge in [0, 0.05) is 19.1 Å². The smallest absolute Gasteiger partial charge is 0.137 e. The highest BCUT2D eigenvalue weighted by Crippen LogP contribution is 2.20. The Morgan fingerprint density at radius 3 is 2.73 bits per heavy atom. The summed E-state index contributed by atoms with van der Waals surface area (Å²) in [5.74, 6) is 0.846. The molecule has 0 spiro atoms. The lowest BCUT2D eigenvalue weighted by molar-refractivity contribution is 0.0552. The number of piperidine rings is 1. The van der Waals surface area contributed by atoms with Gasteiger partial charge in [0.25, 0.3) is 0 Å². The zero-order valence-electron chi connectivity index (χ0n) is 13.6. The van der Waals surface area contributed by atoms with E-state index in [1.807, 2.05) is 4.68 Å². The minimum Gasteiger partial charge on any atom is -0.390 e.